The molecule has 2 aromatic carbocycles. The highest BCUT2D eigenvalue weighted by molar-refractivity contribution is 6.32. The molecule has 0 saturated carbocycles. The summed E-state index contributed by atoms with van der Waals surface area (Å²) >= 11 is 12.0. The van der Waals surface area contributed by atoms with Gasteiger partial charge in [0.2, 0.25) is 5.95 Å². The van der Waals surface area contributed by atoms with Crippen molar-refractivity contribution in [2.75, 3.05) is 11.1 Å². The van der Waals surface area contributed by atoms with E-state index in [1.165, 1.54) is 0 Å². The third-order valence-corrected chi connectivity index (χ3v) is 4.02. The predicted molar refractivity (Wildman–Crippen MR) is 101 cm³/mol. The topological polar surface area (TPSA) is 73.1 Å². The van der Waals surface area contributed by atoms with Gasteiger partial charge in [-0.25, -0.2) is 4.98 Å². The average molecular weight is 375 g/mol. The minimum Gasteiger partial charge on any atom is -0.487 e. The Morgan fingerprint density at radius 1 is 0.960 bits per heavy atom. The number of hydrogen-bond acceptors (Lipinski definition) is 5. The van der Waals surface area contributed by atoms with Crippen LogP contribution in [0.25, 0.3) is 0 Å². The first-order valence-corrected chi connectivity index (χ1v) is 8.35. The Morgan fingerprint density at radius 2 is 1.68 bits per heavy atom. The van der Waals surface area contributed by atoms with E-state index in [4.69, 9.17) is 33.7 Å². The number of nitrogens with one attached hydrogen (secondary N) is 1. The molecule has 0 aliphatic heterocycles. The Labute approximate surface area is 155 Å². The molecular formula is C18H16Cl2N4O. The summed E-state index contributed by atoms with van der Waals surface area (Å²) in [6, 6.07) is 17.0. The van der Waals surface area contributed by atoms with Gasteiger partial charge in [0.05, 0.1) is 5.02 Å². The molecule has 1 aromatic heterocycles. The highest BCUT2D eigenvalue weighted by Crippen LogP contribution is 2.24. The minimum atomic E-state index is 0.130. The van der Waals surface area contributed by atoms with E-state index in [0.717, 1.165) is 11.1 Å². The van der Waals surface area contributed by atoms with Gasteiger partial charge in [-0.1, -0.05) is 59.6 Å². The zero-order chi connectivity index (χ0) is 17.6. The fraction of sp³-hybridized carbons (Fsp3) is 0.111. The smallest absolute Gasteiger partial charge is 0.223 e. The first-order chi connectivity index (χ1) is 12.1. The number of benzene rings is 2. The van der Waals surface area contributed by atoms with E-state index < -0.39 is 0 Å². The predicted octanol–water partition coefficient (Wildman–Crippen LogP) is 4.56. The molecule has 5 nitrogen and oxygen atoms in total. The molecule has 0 spiro atoms. The quantitative estimate of drug-likeness (QED) is 0.618. The van der Waals surface area contributed by atoms with Crippen molar-refractivity contribution in [2.45, 2.75) is 13.2 Å². The van der Waals surface area contributed by atoms with Crippen LogP contribution in [0.15, 0.2) is 54.6 Å². The van der Waals surface area contributed by atoms with Crippen molar-refractivity contribution in [3.05, 3.63) is 75.9 Å². The number of ether oxygens (including phenoxy) is 1. The molecule has 0 saturated heterocycles. The number of anilines is 2. The minimum absolute atomic E-state index is 0.130. The van der Waals surface area contributed by atoms with E-state index in [1.54, 1.807) is 12.1 Å². The Hall–Kier alpha value is -2.50. The Morgan fingerprint density at radius 3 is 2.44 bits per heavy atom. The van der Waals surface area contributed by atoms with Gasteiger partial charge >= 0.3 is 0 Å². The first kappa shape index (κ1) is 17.3. The number of halogens is 2. The lowest BCUT2D eigenvalue weighted by molar-refractivity contribution is 0.305. The van der Waals surface area contributed by atoms with E-state index in [1.807, 2.05) is 42.5 Å². The lowest BCUT2D eigenvalue weighted by atomic mass is 10.1. The molecule has 3 N–H and O–H groups in total. The van der Waals surface area contributed by atoms with Crippen molar-refractivity contribution in [3.8, 4) is 5.75 Å². The van der Waals surface area contributed by atoms with Crippen LogP contribution in [0.4, 0.5) is 11.8 Å². The van der Waals surface area contributed by atoms with Gasteiger partial charge in [0.1, 0.15) is 23.3 Å². The molecule has 0 radical (unpaired) electrons. The van der Waals surface area contributed by atoms with E-state index in [0.29, 0.717) is 34.9 Å². The SMILES string of the molecule is Nc1nc(Cl)cc(NCc2ccccc2COc2ccccc2Cl)n1. The molecule has 0 aliphatic rings. The summed E-state index contributed by atoms with van der Waals surface area (Å²) < 4.78 is 5.83. The van der Waals surface area contributed by atoms with Crippen LogP contribution in [-0.2, 0) is 13.2 Å². The van der Waals surface area contributed by atoms with Gasteiger partial charge in [-0.3, -0.25) is 0 Å². The number of rotatable bonds is 6. The number of aromatic nitrogens is 2. The molecule has 128 valence electrons. The highest BCUT2D eigenvalue weighted by atomic mass is 35.5. The highest BCUT2D eigenvalue weighted by Gasteiger charge is 2.06. The van der Waals surface area contributed by atoms with Gasteiger partial charge in [-0.15, -0.1) is 0 Å². The van der Waals surface area contributed by atoms with Crippen LogP contribution >= 0.6 is 23.2 Å². The number of nitrogens with two attached hydrogens (primary N) is 1. The lowest BCUT2D eigenvalue weighted by Gasteiger charge is -2.13. The molecule has 25 heavy (non-hydrogen) atoms. The van der Waals surface area contributed by atoms with Gasteiger partial charge in [0.15, 0.2) is 0 Å². The van der Waals surface area contributed by atoms with Crippen LogP contribution in [0, 0.1) is 0 Å². The van der Waals surface area contributed by atoms with Gasteiger partial charge in [0, 0.05) is 12.6 Å². The van der Waals surface area contributed by atoms with Crippen LogP contribution in [0.2, 0.25) is 10.2 Å². The van der Waals surface area contributed by atoms with E-state index in [-0.39, 0.29) is 5.95 Å². The number of para-hydroxylation sites is 1. The summed E-state index contributed by atoms with van der Waals surface area (Å²) in [6.45, 7) is 0.961. The molecule has 0 amide bonds. The molecule has 0 unspecified atom stereocenters. The van der Waals surface area contributed by atoms with Crippen molar-refractivity contribution in [1.82, 2.24) is 9.97 Å². The van der Waals surface area contributed by atoms with Crippen LogP contribution in [0.3, 0.4) is 0 Å². The molecule has 3 aromatic rings. The second-order valence-corrected chi connectivity index (χ2v) is 6.07. The largest absolute Gasteiger partial charge is 0.487 e. The van der Waals surface area contributed by atoms with Crippen LogP contribution in [0.5, 0.6) is 5.75 Å². The molecule has 7 heteroatoms. The van der Waals surface area contributed by atoms with Crippen LogP contribution in [-0.4, -0.2) is 9.97 Å². The van der Waals surface area contributed by atoms with Gasteiger partial charge in [-0.2, -0.15) is 4.98 Å². The Kier molecular flexibility index (Phi) is 5.58. The molecule has 0 aliphatic carbocycles. The normalized spacial score (nSPS) is 10.5. The van der Waals surface area contributed by atoms with Gasteiger partial charge < -0.3 is 15.8 Å². The van der Waals surface area contributed by atoms with Crippen molar-refractivity contribution >= 4 is 35.0 Å². The molecule has 1 heterocycles. The van der Waals surface area contributed by atoms with Gasteiger partial charge in [-0.05, 0) is 23.3 Å². The summed E-state index contributed by atoms with van der Waals surface area (Å²) in [7, 11) is 0. The Bertz CT molecular complexity index is 853. The number of nitrogen functional groups attached to an aromatic ring is 1. The maximum Gasteiger partial charge on any atom is 0.223 e. The molecule has 0 fully saturated rings. The second kappa shape index (κ2) is 8.05. The van der Waals surface area contributed by atoms with Crippen LogP contribution < -0.4 is 15.8 Å². The summed E-state index contributed by atoms with van der Waals surface area (Å²) in [5, 5.41) is 4.08. The summed E-state index contributed by atoms with van der Waals surface area (Å²) in [5.41, 5.74) is 7.72. The summed E-state index contributed by atoms with van der Waals surface area (Å²) in [4.78, 5) is 7.94. The van der Waals surface area contributed by atoms with Gasteiger partial charge in [0.25, 0.3) is 0 Å². The summed E-state index contributed by atoms with van der Waals surface area (Å²) in [5.74, 6) is 1.35. The first-order valence-electron chi connectivity index (χ1n) is 7.60. The van der Waals surface area contributed by atoms with E-state index >= 15 is 0 Å². The van der Waals surface area contributed by atoms with E-state index in [9.17, 15) is 0 Å². The number of nitrogens with zero attached hydrogens (tertiary/aromatic N) is 2. The van der Waals surface area contributed by atoms with E-state index in [2.05, 4.69) is 15.3 Å². The van der Waals surface area contributed by atoms with Crippen molar-refractivity contribution in [1.29, 1.82) is 0 Å². The standard InChI is InChI=1S/C18H16Cl2N4O/c19-14-7-3-4-8-15(14)25-11-13-6-2-1-5-12(13)10-22-17-9-16(20)23-18(21)24-17/h1-9H,10-11H2,(H3,21,22,23,24). The third kappa shape index (κ3) is 4.75. The lowest BCUT2D eigenvalue weighted by Crippen LogP contribution is -2.07. The molecular weight excluding hydrogens is 359 g/mol. The zero-order valence-electron chi connectivity index (χ0n) is 13.2. The maximum atomic E-state index is 6.13. The third-order valence-electron chi connectivity index (χ3n) is 3.51. The fourth-order valence-electron chi connectivity index (χ4n) is 2.30. The zero-order valence-corrected chi connectivity index (χ0v) is 14.8. The van der Waals surface area contributed by atoms with Crippen molar-refractivity contribution < 1.29 is 4.74 Å². The molecule has 0 bridgehead atoms. The second-order valence-electron chi connectivity index (χ2n) is 5.28. The monoisotopic (exact) mass is 374 g/mol. The maximum absolute atomic E-state index is 6.13. The fourth-order valence-corrected chi connectivity index (χ4v) is 2.68. The molecule has 3 rings (SSSR count). The van der Waals surface area contributed by atoms with Crippen LogP contribution in [0.1, 0.15) is 11.1 Å². The number of hydrogen-bond donors (Lipinski definition) is 2. The average Bonchev–Trinajstić information content (AvgIpc) is 2.59. The van der Waals surface area contributed by atoms with Crippen molar-refractivity contribution in [2.24, 2.45) is 0 Å². The summed E-state index contributed by atoms with van der Waals surface area (Å²) in [6.07, 6.45) is 0. The molecule has 0 atom stereocenters. The Balaban J connectivity index is 1.69. The van der Waals surface area contributed by atoms with Crippen molar-refractivity contribution in [3.63, 3.8) is 0 Å².